The van der Waals surface area contributed by atoms with Gasteiger partial charge >= 0.3 is 5.97 Å². The molecule has 146 valence electrons. The number of hydrogen-bond acceptors (Lipinski definition) is 5. The number of aliphatic imine (C=N–C) groups is 1. The van der Waals surface area contributed by atoms with Crippen molar-refractivity contribution < 1.29 is 17.9 Å². The number of likely N-dealkylation sites (tertiary alicyclic amines) is 1. The van der Waals surface area contributed by atoms with Gasteiger partial charge in [0.25, 0.3) is 0 Å². The van der Waals surface area contributed by atoms with E-state index in [0.29, 0.717) is 38.4 Å². The van der Waals surface area contributed by atoms with Crippen LogP contribution in [0.25, 0.3) is 0 Å². The summed E-state index contributed by atoms with van der Waals surface area (Å²) < 4.78 is 27.6. The van der Waals surface area contributed by atoms with Crippen molar-refractivity contribution in [3.8, 4) is 0 Å². The normalized spacial score (nSPS) is 16.0. The SMILES string of the molecule is CN=C(NCc1cccc(S(N)(=O)=O)c1)N1CCC(C(=O)OC)CC1.I. The second kappa shape index (κ2) is 10.1. The maximum absolute atomic E-state index is 11.6. The van der Waals surface area contributed by atoms with Gasteiger partial charge in [0, 0.05) is 26.7 Å². The molecular formula is C16H25IN4O4S. The Hall–Kier alpha value is -1.40. The van der Waals surface area contributed by atoms with Gasteiger partial charge in [0.1, 0.15) is 0 Å². The number of piperidine rings is 1. The van der Waals surface area contributed by atoms with Crippen LogP contribution in [0, 0.1) is 5.92 Å². The van der Waals surface area contributed by atoms with E-state index in [2.05, 4.69) is 15.2 Å². The lowest BCUT2D eigenvalue weighted by Gasteiger charge is -2.33. The van der Waals surface area contributed by atoms with E-state index in [9.17, 15) is 13.2 Å². The maximum atomic E-state index is 11.6. The lowest BCUT2D eigenvalue weighted by molar-refractivity contribution is -0.146. The van der Waals surface area contributed by atoms with Crippen LogP contribution in [0.3, 0.4) is 0 Å². The van der Waals surface area contributed by atoms with Crippen molar-refractivity contribution in [1.29, 1.82) is 0 Å². The third-order valence-corrected chi connectivity index (χ3v) is 5.13. The van der Waals surface area contributed by atoms with Crippen molar-refractivity contribution >= 4 is 45.9 Å². The zero-order chi connectivity index (χ0) is 18.4. The van der Waals surface area contributed by atoms with Crippen LogP contribution in [-0.4, -0.2) is 52.5 Å². The molecule has 0 saturated carbocycles. The molecular weight excluding hydrogens is 471 g/mol. The fourth-order valence-corrected chi connectivity index (χ4v) is 3.42. The minimum Gasteiger partial charge on any atom is -0.469 e. The quantitative estimate of drug-likeness (QED) is 0.277. The molecule has 0 radical (unpaired) electrons. The molecule has 0 aliphatic carbocycles. The van der Waals surface area contributed by atoms with Crippen LogP contribution < -0.4 is 10.5 Å². The molecule has 0 amide bonds. The molecule has 0 atom stereocenters. The molecule has 0 bridgehead atoms. The molecule has 10 heteroatoms. The van der Waals surface area contributed by atoms with E-state index in [1.807, 2.05) is 6.07 Å². The van der Waals surface area contributed by atoms with Crippen LogP contribution >= 0.6 is 24.0 Å². The molecule has 8 nitrogen and oxygen atoms in total. The summed E-state index contributed by atoms with van der Waals surface area (Å²) in [6.45, 7) is 1.83. The lowest BCUT2D eigenvalue weighted by atomic mass is 9.97. The number of benzene rings is 1. The molecule has 26 heavy (non-hydrogen) atoms. The van der Waals surface area contributed by atoms with E-state index < -0.39 is 10.0 Å². The van der Waals surface area contributed by atoms with Crippen molar-refractivity contribution in [1.82, 2.24) is 10.2 Å². The molecule has 1 saturated heterocycles. The first kappa shape index (κ1) is 22.6. The first-order valence-corrected chi connectivity index (χ1v) is 9.55. The first-order chi connectivity index (χ1) is 11.8. The number of guanidine groups is 1. The summed E-state index contributed by atoms with van der Waals surface area (Å²) >= 11 is 0. The van der Waals surface area contributed by atoms with E-state index in [1.165, 1.54) is 13.2 Å². The number of nitrogens with one attached hydrogen (secondary N) is 1. The van der Waals surface area contributed by atoms with Gasteiger partial charge in [-0.1, -0.05) is 12.1 Å². The number of halogens is 1. The molecule has 1 heterocycles. The third kappa shape index (κ3) is 6.09. The predicted molar refractivity (Wildman–Crippen MR) is 110 cm³/mol. The molecule has 1 aromatic rings. The van der Waals surface area contributed by atoms with Crippen LogP contribution in [0.15, 0.2) is 34.2 Å². The van der Waals surface area contributed by atoms with Gasteiger partial charge in [0.05, 0.1) is 17.9 Å². The van der Waals surface area contributed by atoms with Crippen LogP contribution in [0.4, 0.5) is 0 Å². The number of hydrogen-bond donors (Lipinski definition) is 2. The minimum absolute atomic E-state index is 0. The number of ether oxygens (including phenoxy) is 1. The number of nitrogens with zero attached hydrogens (tertiary/aromatic N) is 2. The average molecular weight is 496 g/mol. The molecule has 0 unspecified atom stereocenters. The Labute approximate surface area is 171 Å². The number of methoxy groups -OCH3 is 1. The van der Waals surface area contributed by atoms with E-state index in [0.717, 1.165) is 5.56 Å². The number of nitrogens with two attached hydrogens (primary N) is 1. The monoisotopic (exact) mass is 496 g/mol. The highest BCUT2D eigenvalue weighted by Crippen LogP contribution is 2.18. The second-order valence-electron chi connectivity index (χ2n) is 5.88. The minimum atomic E-state index is -3.72. The molecule has 2 rings (SSSR count). The molecule has 1 fully saturated rings. The Morgan fingerprint density at radius 3 is 2.58 bits per heavy atom. The van der Waals surface area contributed by atoms with E-state index in [-0.39, 0.29) is 40.8 Å². The van der Waals surface area contributed by atoms with Gasteiger partial charge < -0.3 is 15.0 Å². The standard InChI is InChI=1S/C16H24N4O4S.HI/c1-18-16(20-8-6-13(7-9-20)15(21)24-2)19-11-12-4-3-5-14(10-12)25(17,22)23;/h3-5,10,13H,6-9,11H2,1-2H3,(H,18,19)(H2,17,22,23);1H. The zero-order valence-corrected chi connectivity index (χ0v) is 18.0. The van der Waals surface area contributed by atoms with Crippen molar-refractivity contribution in [2.45, 2.75) is 24.3 Å². The highest BCUT2D eigenvalue weighted by atomic mass is 127. The Balaban J connectivity index is 0.00000338. The molecule has 0 spiro atoms. The van der Waals surface area contributed by atoms with Gasteiger partial charge in [-0.25, -0.2) is 13.6 Å². The summed E-state index contributed by atoms with van der Waals surface area (Å²) in [4.78, 5) is 18.0. The lowest BCUT2D eigenvalue weighted by Crippen LogP contribution is -2.46. The summed E-state index contributed by atoms with van der Waals surface area (Å²) in [5, 5.41) is 8.37. The fourth-order valence-electron chi connectivity index (χ4n) is 2.84. The van der Waals surface area contributed by atoms with Gasteiger partial charge in [-0.3, -0.25) is 9.79 Å². The topological polar surface area (TPSA) is 114 Å². The summed E-state index contributed by atoms with van der Waals surface area (Å²) in [5.74, 6) is 0.484. The van der Waals surface area contributed by atoms with Gasteiger partial charge in [-0.15, -0.1) is 24.0 Å². The molecule has 3 N–H and O–H groups in total. The number of sulfonamides is 1. The smallest absolute Gasteiger partial charge is 0.308 e. The Morgan fingerprint density at radius 2 is 2.04 bits per heavy atom. The van der Waals surface area contributed by atoms with E-state index in [4.69, 9.17) is 9.88 Å². The van der Waals surface area contributed by atoms with Crippen molar-refractivity contribution in [2.75, 3.05) is 27.2 Å². The number of esters is 1. The van der Waals surface area contributed by atoms with Crippen LogP contribution in [0.2, 0.25) is 0 Å². The van der Waals surface area contributed by atoms with Crippen LogP contribution in [0.1, 0.15) is 18.4 Å². The largest absolute Gasteiger partial charge is 0.469 e. The van der Waals surface area contributed by atoms with Crippen LogP contribution in [-0.2, 0) is 26.1 Å². The van der Waals surface area contributed by atoms with Gasteiger partial charge in [0.15, 0.2) is 5.96 Å². The summed E-state index contributed by atoms with van der Waals surface area (Å²) in [6.07, 6.45) is 1.43. The molecule has 0 aromatic heterocycles. The second-order valence-corrected chi connectivity index (χ2v) is 7.44. The molecule has 1 aliphatic rings. The van der Waals surface area contributed by atoms with Crippen molar-refractivity contribution in [3.63, 3.8) is 0 Å². The number of carbonyl (C=O) groups excluding carboxylic acids is 1. The highest BCUT2D eigenvalue weighted by Gasteiger charge is 2.26. The summed E-state index contributed by atoms with van der Waals surface area (Å²) in [6, 6.07) is 6.48. The number of carbonyl (C=O) groups is 1. The highest BCUT2D eigenvalue weighted by molar-refractivity contribution is 14.0. The van der Waals surface area contributed by atoms with Crippen LogP contribution in [0.5, 0.6) is 0 Å². The fraction of sp³-hybridized carbons (Fsp3) is 0.500. The Kier molecular flexibility index (Phi) is 8.77. The molecule has 1 aliphatic heterocycles. The van der Waals surface area contributed by atoms with E-state index in [1.54, 1.807) is 19.2 Å². The van der Waals surface area contributed by atoms with Crippen molar-refractivity contribution in [2.24, 2.45) is 16.0 Å². The molecule has 1 aromatic carbocycles. The van der Waals surface area contributed by atoms with Gasteiger partial charge in [0.2, 0.25) is 10.0 Å². The van der Waals surface area contributed by atoms with Crippen molar-refractivity contribution in [3.05, 3.63) is 29.8 Å². The first-order valence-electron chi connectivity index (χ1n) is 8.00. The summed E-state index contributed by atoms with van der Waals surface area (Å²) in [5.41, 5.74) is 0.789. The summed E-state index contributed by atoms with van der Waals surface area (Å²) in [7, 11) is -0.621. The zero-order valence-electron chi connectivity index (χ0n) is 14.8. The van der Waals surface area contributed by atoms with Gasteiger partial charge in [-0.05, 0) is 30.5 Å². The third-order valence-electron chi connectivity index (χ3n) is 4.22. The predicted octanol–water partition coefficient (Wildman–Crippen LogP) is 0.912. The Morgan fingerprint density at radius 1 is 1.38 bits per heavy atom. The average Bonchev–Trinajstić information content (AvgIpc) is 2.61. The Bertz CT molecular complexity index is 746. The maximum Gasteiger partial charge on any atom is 0.308 e. The van der Waals surface area contributed by atoms with E-state index >= 15 is 0 Å². The number of primary sulfonamides is 1. The number of rotatable bonds is 4. The van der Waals surface area contributed by atoms with Gasteiger partial charge in [-0.2, -0.15) is 0 Å².